The lowest BCUT2D eigenvalue weighted by molar-refractivity contribution is 0.0995. The molecule has 37 heavy (non-hydrogen) atoms. The molecule has 4 aromatic carbocycles. The average molecular weight is 522 g/mol. The standard InChI is InChI=1S/C26H20FN3O6S/c27-18-6-9-20(10-7-18)37(35,36)30-22-14-19(8-12-23(22)31)29-26(34)16-3-1-15(2-4-16)17-5-11-21(25(28)33)24(32)13-17/h1-14,30-32H,(H2,28,33)(H,29,34). The van der Waals surface area contributed by atoms with Crippen LogP contribution in [0, 0.1) is 5.82 Å². The molecule has 188 valence electrons. The van der Waals surface area contributed by atoms with E-state index in [0.29, 0.717) is 11.1 Å². The Hall–Kier alpha value is -4.90. The fraction of sp³-hybridized carbons (Fsp3) is 0. The van der Waals surface area contributed by atoms with E-state index in [2.05, 4.69) is 10.0 Å². The maximum Gasteiger partial charge on any atom is 0.262 e. The molecule has 11 heteroatoms. The smallest absolute Gasteiger partial charge is 0.262 e. The monoisotopic (exact) mass is 521 g/mol. The van der Waals surface area contributed by atoms with E-state index in [1.807, 2.05) is 0 Å². The lowest BCUT2D eigenvalue weighted by Gasteiger charge is -2.12. The molecule has 0 bridgehead atoms. The third kappa shape index (κ3) is 5.68. The Morgan fingerprint density at radius 1 is 0.784 bits per heavy atom. The number of nitrogens with two attached hydrogens (primary N) is 1. The number of carbonyl (C=O) groups excluding carboxylic acids is 2. The molecule has 0 aliphatic rings. The van der Waals surface area contributed by atoms with E-state index < -0.39 is 27.7 Å². The normalized spacial score (nSPS) is 11.1. The van der Waals surface area contributed by atoms with Crippen molar-refractivity contribution in [3.8, 4) is 22.6 Å². The molecule has 0 fully saturated rings. The Kier molecular flexibility index (Phi) is 6.81. The van der Waals surface area contributed by atoms with Crippen LogP contribution in [0.3, 0.4) is 0 Å². The highest BCUT2D eigenvalue weighted by Gasteiger charge is 2.17. The summed E-state index contributed by atoms with van der Waals surface area (Å²) in [6, 6.07) is 18.8. The van der Waals surface area contributed by atoms with E-state index in [-0.39, 0.29) is 38.9 Å². The third-order valence-electron chi connectivity index (χ3n) is 5.37. The van der Waals surface area contributed by atoms with E-state index in [1.165, 1.54) is 30.3 Å². The fourth-order valence-corrected chi connectivity index (χ4v) is 4.52. The lowest BCUT2D eigenvalue weighted by atomic mass is 10.0. The van der Waals surface area contributed by atoms with Crippen molar-refractivity contribution in [3.05, 3.63) is 102 Å². The largest absolute Gasteiger partial charge is 0.507 e. The van der Waals surface area contributed by atoms with Crippen LogP contribution < -0.4 is 15.8 Å². The van der Waals surface area contributed by atoms with Gasteiger partial charge in [-0.2, -0.15) is 0 Å². The predicted octanol–water partition coefficient (Wildman–Crippen LogP) is 4.06. The Labute approximate surface area is 211 Å². The predicted molar refractivity (Wildman–Crippen MR) is 135 cm³/mol. The molecule has 0 aromatic heterocycles. The molecule has 0 saturated carbocycles. The van der Waals surface area contributed by atoms with Crippen LogP contribution >= 0.6 is 0 Å². The Bertz CT molecular complexity index is 1600. The molecule has 0 spiro atoms. The molecule has 0 saturated heterocycles. The Morgan fingerprint density at radius 2 is 1.43 bits per heavy atom. The SMILES string of the molecule is NC(=O)c1ccc(-c2ccc(C(=O)Nc3ccc(O)c(NS(=O)(=O)c4ccc(F)cc4)c3)cc2)cc1O. The van der Waals surface area contributed by atoms with Crippen molar-refractivity contribution in [1.82, 2.24) is 0 Å². The summed E-state index contributed by atoms with van der Waals surface area (Å²) in [4.78, 5) is 23.8. The van der Waals surface area contributed by atoms with Gasteiger partial charge in [-0.15, -0.1) is 0 Å². The van der Waals surface area contributed by atoms with Gasteiger partial charge in [-0.3, -0.25) is 14.3 Å². The first-order valence-corrected chi connectivity index (χ1v) is 12.2. The number of carbonyl (C=O) groups is 2. The van der Waals surface area contributed by atoms with Crippen molar-refractivity contribution in [2.45, 2.75) is 4.90 Å². The summed E-state index contributed by atoms with van der Waals surface area (Å²) in [6.07, 6.45) is 0. The summed E-state index contributed by atoms with van der Waals surface area (Å²) in [5.74, 6) is -2.49. The lowest BCUT2D eigenvalue weighted by Crippen LogP contribution is -2.14. The number of benzene rings is 4. The number of hydrogen-bond acceptors (Lipinski definition) is 6. The number of amides is 2. The van der Waals surface area contributed by atoms with Gasteiger partial charge in [0, 0.05) is 11.3 Å². The number of aromatic hydroxyl groups is 2. The number of nitrogens with one attached hydrogen (secondary N) is 2. The number of halogens is 1. The summed E-state index contributed by atoms with van der Waals surface area (Å²) >= 11 is 0. The maximum absolute atomic E-state index is 13.1. The highest BCUT2D eigenvalue weighted by molar-refractivity contribution is 7.92. The molecule has 0 radical (unpaired) electrons. The van der Waals surface area contributed by atoms with Gasteiger partial charge in [0.15, 0.2) is 0 Å². The van der Waals surface area contributed by atoms with E-state index >= 15 is 0 Å². The molecule has 2 amide bonds. The highest BCUT2D eigenvalue weighted by atomic mass is 32.2. The summed E-state index contributed by atoms with van der Waals surface area (Å²) < 4.78 is 40.5. The maximum atomic E-state index is 13.1. The van der Waals surface area contributed by atoms with Gasteiger partial charge in [0.25, 0.3) is 21.8 Å². The first kappa shape index (κ1) is 25.2. The van der Waals surface area contributed by atoms with Gasteiger partial charge in [-0.1, -0.05) is 18.2 Å². The summed E-state index contributed by atoms with van der Waals surface area (Å²) in [5.41, 5.74) is 6.76. The molecule has 0 heterocycles. The quantitative estimate of drug-likeness (QED) is 0.182. The van der Waals surface area contributed by atoms with Crippen molar-refractivity contribution in [3.63, 3.8) is 0 Å². The number of rotatable bonds is 7. The van der Waals surface area contributed by atoms with Crippen LogP contribution in [0.15, 0.2) is 89.8 Å². The second kappa shape index (κ2) is 9.99. The molecule has 0 aliphatic heterocycles. The number of phenols is 2. The zero-order chi connectivity index (χ0) is 26.7. The minimum Gasteiger partial charge on any atom is -0.507 e. The second-order valence-electron chi connectivity index (χ2n) is 7.92. The third-order valence-corrected chi connectivity index (χ3v) is 6.75. The van der Waals surface area contributed by atoms with E-state index in [0.717, 1.165) is 24.3 Å². The van der Waals surface area contributed by atoms with Crippen LogP contribution in [0.5, 0.6) is 11.5 Å². The molecule has 4 rings (SSSR count). The van der Waals surface area contributed by atoms with Crippen molar-refractivity contribution in [2.24, 2.45) is 5.73 Å². The van der Waals surface area contributed by atoms with Crippen molar-refractivity contribution in [2.75, 3.05) is 10.0 Å². The number of hydrogen-bond donors (Lipinski definition) is 5. The van der Waals surface area contributed by atoms with Crippen molar-refractivity contribution < 1.29 is 32.6 Å². The fourth-order valence-electron chi connectivity index (χ4n) is 3.45. The van der Waals surface area contributed by atoms with E-state index in [1.54, 1.807) is 30.3 Å². The summed E-state index contributed by atoms with van der Waals surface area (Å²) in [6.45, 7) is 0. The highest BCUT2D eigenvalue weighted by Crippen LogP contribution is 2.30. The minimum atomic E-state index is -4.12. The summed E-state index contributed by atoms with van der Waals surface area (Å²) in [7, 11) is -4.12. The molecule has 6 N–H and O–H groups in total. The topological polar surface area (TPSA) is 159 Å². The molecule has 9 nitrogen and oxygen atoms in total. The van der Waals surface area contributed by atoms with Gasteiger partial charge in [0.1, 0.15) is 17.3 Å². The van der Waals surface area contributed by atoms with Crippen LogP contribution in [0.1, 0.15) is 20.7 Å². The van der Waals surface area contributed by atoms with Gasteiger partial charge in [0.2, 0.25) is 0 Å². The van der Waals surface area contributed by atoms with Gasteiger partial charge >= 0.3 is 0 Å². The molecule has 0 aliphatic carbocycles. The van der Waals surface area contributed by atoms with Crippen LogP contribution in [0.4, 0.5) is 15.8 Å². The zero-order valence-electron chi connectivity index (χ0n) is 19.0. The van der Waals surface area contributed by atoms with Gasteiger partial charge in [-0.25, -0.2) is 12.8 Å². The first-order chi connectivity index (χ1) is 17.5. The minimum absolute atomic E-state index is 0.00651. The second-order valence-corrected chi connectivity index (χ2v) is 9.60. The first-order valence-electron chi connectivity index (χ1n) is 10.7. The van der Waals surface area contributed by atoms with E-state index in [4.69, 9.17) is 5.73 Å². The van der Waals surface area contributed by atoms with Crippen LogP contribution in [-0.4, -0.2) is 30.4 Å². The van der Waals surface area contributed by atoms with Crippen LogP contribution in [-0.2, 0) is 10.0 Å². The van der Waals surface area contributed by atoms with Crippen molar-refractivity contribution in [1.29, 1.82) is 0 Å². The van der Waals surface area contributed by atoms with Gasteiger partial charge in [0.05, 0.1) is 16.1 Å². The zero-order valence-corrected chi connectivity index (χ0v) is 19.8. The number of anilines is 2. The van der Waals surface area contributed by atoms with Crippen LogP contribution in [0.2, 0.25) is 0 Å². The average Bonchev–Trinajstić information content (AvgIpc) is 2.86. The number of phenolic OH excluding ortho intramolecular Hbond substituents is 1. The van der Waals surface area contributed by atoms with E-state index in [9.17, 15) is 32.6 Å². The molecule has 0 unspecified atom stereocenters. The van der Waals surface area contributed by atoms with Crippen molar-refractivity contribution >= 4 is 33.2 Å². The Balaban J connectivity index is 1.50. The molecular formula is C26H20FN3O6S. The molecular weight excluding hydrogens is 501 g/mol. The number of sulfonamides is 1. The van der Waals surface area contributed by atoms with Crippen LogP contribution in [0.25, 0.3) is 11.1 Å². The Morgan fingerprint density at radius 3 is 2.05 bits per heavy atom. The molecule has 0 atom stereocenters. The molecule has 4 aromatic rings. The number of primary amides is 1. The van der Waals surface area contributed by atoms with Gasteiger partial charge in [-0.05, 0) is 77.9 Å². The van der Waals surface area contributed by atoms with Gasteiger partial charge < -0.3 is 21.3 Å². The summed E-state index contributed by atoms with van der Waals surface area (Å²) in [5, 5.41) is 22.7.